The van der Waals surface area contributed by atoms with Crippen LogP contribution in [0.3, 0.4) is 0 Å². The summed E-state index contributed by atoms with van der Waals surface area (Å²) in [6, 6.07) is 6.80. The number of ether oxygens (including phenoxy) is 1. The predicted octanol–water partition coefficient (Wildman–Crippen LogP) is 1.98. The fourth-order valence-corrected chi connectivity index (χ4v) is 1.56. The average molecular weight is 252 g/mol. The van der Waals surface area contributed by atoms with Gasteiger partial charge in [0.1, 0.15) is 5.75 Å². The Morgan fingerprint density at radius 1 is 1.44 bits per heavy atom. The summed E-state index contributed by atoms with van der Waals surface area (Å²) in [6.45, 7) is 2.23. The molecule has 0 bridgehead atoms. The molecule has 0 aromatic heterocycles. The Labute approximate surface area is 107 Å². The van der Waals surface area contributed by atoms with Crippen LogP contribution in [0.1, 0.15) is 19.8 Å². The maximum atomic E-state index is 11.6. The number of carbonyl (C=O) groups excluding carboxylic acids is 1. The molecule has 0 fully saturated rings. The van der Waals surface area contributed by atoms with E-state index in [-0.39, 0.29) is 12.6 Å². The van der Waals surface area contributed by atoms with Gasteiger partial charge in [-0.25, -0.2) is 4.79 Å². The van der Waals surface area contributed by atoms with E-state index in [1.807, 2.05) is 19.1 Å². The van der Waals surface area contributed by atoms with Crippen molar-refractivity contribution in [2.45, 2.75) is 25.9 Å². The van der Waals surface area contributed by atoms with Gasteiger partial charge in [-0.3, -0.25) is 0 Å². The average Bonchev–Trinajstić information content (AvgIpc) is 2.37. The van der Waals surface area contributed by atoms with Crippen LogP contribution < -0.4 is 15.4 Å². The normalized spacial score (nSPS) is 11.7. The van der Waals surface area contributed by atoms with Crippen molar-refractivity contribution < 1.29 is 14.6 Å². The predicted molar refractivity (Wildman–Crippen MR) is 70.9 cm³/mol. The highest BCUT2D eigenvalue weighted by molar-refractivity contribution is 5.90. The van der Waals surface area contributed by atoms with Crippen molar-refractivity contribution >= 4 is 11.7 Å². The van der Waals surface area contributed by atoms with Crippen molar-refractivity contribution in [3.63, 3.8) is 0 Å². The number of methoxy groups -OCH3 is 1. The third kappa shape index (κ3) is 4.63. The molecule has 1 atom stereocenters. The SMILES string of the molecule is CCCC(O)CNC(=O)Nc1ccccc1OC. The second kappa shape index (κ2) is 7.55. The first-order chi connectivity index (χ1) is 8.67. The number of aliphatic hydroxyl groups is 1. The Morgan fingerprint density at radius 3 is 2.83 bits per heavy atom. The lowest BCUT2D eigenvalue weighted by molar-refractivity contribution is 0.162. The van der Waals surface area contributed by atoms with Gasteiger partial charge in [0.2, 0.25) is 0 Å². The van der Waals surface area contributed by atoms with Gasteiger partial charge in [-0.1, -0.05) is 25.5 Å². The van der Waals surface area contributed by atoms with E-state index in [4.69, 9.17) is 4.74 Å². The van der Waals surface area contributed by atoms with E-state index >= 15 is 0 Å². The molecule has 1 rings (SSSR count). The molecule has 3 N–H and O–H groups in total. The van der Waals surface area contributed by atoms with Gasteiger partial charge in [0.05, 0.1) is 18.9 Å². The standard InChI is InChI=1S/C13H20N2O3/c1-3-6-10(16)9-14-13(17)15-11-7-4-5-8-12(11)18-2/h4-5,7-8,10,16H,3,6,9H2,1-2H3,(H2,14,15,17). The zero-order chi connectivity index (χ0) is 13.4. The molecular formula is C13H20N2O3. The minimum absolute atomic E-state index is 0.245. The number of para-hydroxylation sites is 2. The van der Waals surface area contributed by atoms with E-state index in [2.05, 4.69) is 10.6 Å². The molecular weight excluding hydrogens is 232 g/mol. The van der Waals surface area contributed by atoms with Gasteiger partial charge in [-0.15, -0.1) is 0 Å². The first kappa shape index (κ1) is 14.3. The number of hydrogen-bond donors (Lipinski definition) is 3. The number of nitrogens with one attached hydrogen (secondary N) is 2. The Hall–Kier alpha value is -1.75. The Morgan fingerprint density at radius 2 is 2.17 bits per heavy atom. The van der Waals surface area contributed by atoms with Crippen LogP contribution in [0, 0.1) is 0 Å². The maximum Gasteiger partial charge on any atom is 0.319 e. The molecule has 18 heavy (non-hydrogen) atoms. The summed E-state index contributed by atoms with van der Waals surface area (Å²) in [5.74, 6) is 0.599. The number of carbonyl (C=O) groups is 1. The first-order valence-electron chi connectivity index (χ1n) is 6.03. The maximum absolute atomic E-state index is 11.6. The van der Waals surface area contributed by atoms with Gasteiger partial charge in [-0.05, 0) is 18.6 Å². The number of aliphatic hydroxyl groups excluding tert-OH is 1. The molecule has 0 heterocycles. The first-order valence-corrected chi connectivity index (χ1v) is 6.03. The molecule has 0 spiro atoms. The van der Waals surface area contributed by atoms with Gasteiger partial charge in [-0.2, -0.15) is 0 Å². The quantitative estimate of drug-likeness (QED) is 0.725. The Kier molecular flexibility index (Phi) is 6.00. The van der Waals surface area contributed by atoms with E-state index < -0.39 is 6.10 Å². The van der Waals surface area contributed by atoms with Crippen LogP contribution in [0.15, 0.2) is 24.3 Å². The minimum Gasteiger partial charge on any atom is -0.495 e. The van der Waals surface area contributed by atoms with Crippen molar-refractivity contribution in [2.24, 2.45) is 0 Å². The Bertz CT molecular complexity index is 382. The van der Waals surface area contributed by atoms with Gasteiger partial charge >= 0.3 is 6.03 Å². The van der Waals surface area contributed by atoms with E-state index in [9.17, 15) is 9.90 Å². The molecule has 5 heteroatoms. The number of amides is 2. The molecule has 0 aliphatic rings. The summed E-state index contributed by atoms with van der Waals surface area (Å²) < 4.78 is 5.12. The summed E-state index contributed by atoms with van der Waals surface area (Å²) in [5, 5.41) is 14.8. The highest BCUT2D eigenvalue weighted by Crippen LogP contribution is 2.22. The Balaban J connectivity index is 2.44. The molecule has 0 aliphatic heterocycles. The summed E-state index contributed by atoms with van der Waals surface area (Å²) in [5.41, 5.74) is 0.600. The molecule has 1 aromatic carbocycles. The van der Waals surface area contributed by atoms with Crippen molar-refractivity contribution in [3.05, 3.63) is 24.3 Å². The number of benzene rings is 1. The van der Waals surface area contributed by atoms with Crippen molar-refractivity contribution in [1.29, 1.82) is 0 Å². The molecule has 2 amide bonds. The summed E-state index contributed by atoms with van der Waals surface area (Å²) in [4.78, 5) is 11.6. The van der Waals surface area contributed by atoms with Crippen LogP contribution in [0.4, 0.5) is 10.5 Å². The topological polar surface area (TPSA) is 70.6 Å². The molecule has 1 aromatic rings. The zero-order valence-corrected chi connectivity index (χ0v) is 10.8. The molecule has 0 saturated heterocycles. The van der Waals surface area contributed by atoms with Crippen molar-refractivity contribution in [1.82, 2.24) is 5.32 Å². The summed E-state index contributed by atoms with van der Waals surface area (Å²) in [7, 11) is 1.55. The molecule has 5 nitrogen and oxygen atoms in total. The van der Waals surface area contributed by atoms with Crippen molar-refractivity contribution in [2.75, 3.05) is 19.0 Å². The fourth-order valence-electron chi connectivity index (χ4n) is 1.56. The monoisotopic (exact) mass is 252 g/mol. The van der Waals surface area contributed by atoms with Crippen molar-refractivity contribution in [3.8, 4) is 5.75 Å². The van der Waals surface area contributed by atoms with Gasteiger partial charge in [0, 0.05) is 6.54 Å². The second-order valence-electron chi connectivity index (χ2n) is 3.98. The van der Waals surface area contributed by atoms with Crippen LogP contribution in [0.5, 0.6) is 5.75 Å². The summed E-state index contributed by atoms with van der Waals surface area (Å²) >= 11 is 0. The van der Waals surface area contributed by atoms with Gasteiger partial charge in [0.25, 0.3) is 0 Å². The third-order valence-electron chi connectivity index (χ3n) is 2.48. The van der Waals surface area contributed by atoms with E-state index in [0.717, 1.165) is 6.42 Å². The highest BCUT2D eigenvalue weighted by Gasteiger charge is 2.08. The highest BCUT2D eigenvalue weighted by atomic mass is 16.5. The van der Waals surface area contributed by atoms with Crippen LogP contribution in [-0.4, -0.2) is 30.9 Å². The summed E-state index contributed by atoms with van der Waals surface area (Å²) in [6.07, 6.45) is 1.06. The van der Waals surface area contributed by atoms with E-state index in [0.29, 0.717) is 17.9 Å². The van der Waals surface area contributed by atoms with E-state index in [1.54, 1.807) is 19.2 Å². The molecule has 0 aliphatic carbocycles. The fraction of sp³-hybridized carbons (Fsp3) is 0.462. The number of rotatable bonds is 6. The van der Waals surface area contributed by atoms with Gasteiger partial charge < -0.3 is 20.5 Å². The molecule has 0 radical (unpaired) electrons. The second-order valence-corrected chi connectivity index (χ2v) is 3.98. The minimum atomic E-state index is -0.501. The lowest BCUT2D eigenvalue weighted by Crippen LogP contribution is -2.35. The number of hydrogen-bond acceptors (Lipinski definition) is 3. The largest absolute Gasteiger partial charge is 0.495 e. The smallest absolute Gasteiger partial charge is 0.319 e. The molecule has 0 saturated carbocycles. The lowest BCUT2D eigenvalue weighted by Gasteiger charge is -2.13. The van der Waals surface area contributed by atoms with Crippen LogP contribution in [-0.2, 0) is 0 Å². The molecule has 1 unspecified atom stereocenters. The molecule has 100 valence electrons. The van der Waals surface area contributed by atoms with E-state index in [1.165, 1.54) is 0 Å². The zero-order valence-electron chi connectivity index (χ0n) is 10.8. The lowest BCUT2D eigenvalue weighted by atomic mass is 10.2. The third-order valence-corrected chi connectivity index (χ3v) is 2.48. The van der Waals surface area contributed by atoms with Crippen LogP contribution >= 0.6 is 0 Å². The van der Waals surface area contributed by atoms with Gasteiger partial charge in [0.15, 0.2) is 0 Å². The number of anilines is 1. The van der Waals surface area contributed by atoms with Crippen LogP contribution in [0.25, 0.3) is 0 Å². The number of urea groups is 1. The van der Waals surface area contributed by atoms with Crippen LogP contribution in [0.2, 0.25) is 0 Å².